The van der Waals surface area contributed by atoms with E-state index < -0.39 is 0 Å². The third-order valence-corrected chi connectivity index (χ3v) is 6.88. The Balaban J connectivity index is 1.36. The molecule has 4 aromatic rings. The maximum atomic E-state index is 14.2. The average molecular weight is 516 g/mol. The van der Waals surface area contributed by atoms with Gasteiger partial charge in [0, 0.05) is 35.2 Å². The lowest BCUT2D eigenvalue weighted by molar-refractivity contribution is -0.117. The molecule has 0 bridgehead atoms. The van der Waals surface area contributed by atoms with Gasteiger partial charge in [0.2, 0.25) is 5.91 Å². The molecule has 0 fully saturated rings. The van der Waals surface area contributed by atoms with Crippen LogP contribution in [0.2, 0.25) is 0 Å². The first-order valence-electron chi connectivity index (χ1n) is 12.5. The maximum absolute atomic E-state index is 14.2. The molecule has 1 amide bonds. The second-order valence-corrected chi connectivity index (χ2v) is 9.56. The van der Waals surface area contributed by atoms with E-state index in [0.717, 1.165) is 39.3 Å². The SMILES string of the molecule is Cc1ccc(F)c(CC(=O)N2CCc3cc(Oc4cc(-c5c(C)nn(CCO)c5C)cnc4N)ccc32)c1. The summed E-state index contributed by atoms with van der Waals surface area (Å²) in [5.74, 6) is 0.737. The number of fused-ring (bicyclic) bond motifs is 1. The summed E-state index contributed by atoms with van der Waals surface area (Å²) in [6.07, 6.45) is 2.37. The van der Waals surface area contributed by atoms with Crippen LogP contribution in [0.4, 0.5) is 15.9 Å². The molecule has 0 spiro atoms. The van der Waals surface area contributed by atoms with Crippen molar-refractivity contribution in [2.24, 2.45) is 0 Å². The summed E-state index contributed by atoms with van der Waals surface area (Å²) >= 11 is 0. The van der Waals surface area contributed by atoms with E-state index in [4.69, 9.17) is 10.5 Å². The average Bonchev–Trinajstić information content (AvgIpc) is 3.43. The van der Waals surface area contributed by atoms with Crippen molar-refractivity contribution >= 4 is 17.4 Å². The van der Waals surface area contributed by atoms with Crippen LogP contribution in [0, 0.1) is 26.6 Å². The fourth-order valence-corrected chi connectivity index (χ4v) is 5.03. The Morgan fingerprint density at radius 1 is 1.16 bits per heavy atom. The number of hydrogen-bond acceptors (Lipinski definition) is 6. The minimum atomic E-state index is -0.369. The highest BCUT2D eigenvalue weighted by molar-refractivity contribution is 5.97. The summed E-state index contributed by atoms with van der Waals surface area (Å²) in [4.78, 5) is 19.0. The van der Waals surface area contributed by atoms with Crippen molar-refractivity contribution in [1.82, 2.24) is 14.8 Å². The molecule has 5 rings (SSSR count). The van der Waals surface area contributed by atoms with E-state index in [1.807, 2.05) is 39.0 Å². The molecular formula is C29H30FN5O3. The minimum Gasteiger partial charge on any atom is -0.453 e. The van der Waals surface area contributed by atoms with Crippen LogP contribution in [-0.2, 0) is 24.2 Å². The number of carbonyl (C=O) groups is 1. The number of hydrogen-bond donors (Lipinski definition) is 2. The molecule has 0 atom stereocenters. The predicted octanol–water partition coefficient (Wildman–Crippen LogP) is 4.51. The summed E-state index contributed by atoms with van der Waals surface area (Å²) < 4.78 is 22.1. The van der Waals surface area contributed by atoms with Gasteiger partial charge in [0.1, 0.15) is 11.6 Å². The molecular weight excluding hydrogens is 485 g/mol. The van der Waals surface area contributed by atoms with Crippen LogP contribution in [0.25, 0.3) is 11.1 Å². The molecule has 3 N–H and O–H groups in total. The van der Waals surface area contributed by atoms with E-state index in [0.29, 0.717) is 36.6 Å². The van der Waals surface area contributed by atoms with Gasteiger partial charge in [-0.3, -0.25) is 9.48 Å². The molecule has 1 aliphatic heterocycles. The first-order valence-corrected chi connectivity index (χ1v) is 12.5. The minimum absolute atomic E-state index is 0.0000825. The largest absolute Gasteiger partial charge is 0.453 e. The summed E-state index contributed by atoms with van der Waals surface area (Å²) in [6.45, 7) is 6.68. The van der Waals surface area contributed by atoms with Crippen LogP contribution >= 0.6 is 0 Å². The fraction of sp³-hybridized carbons (Fsp3) is 0.276. The lowest BCUT2D eigenvalue weighted by atomic mass is 10.1. The number of benzene rings is 2. The Morgan fingerprint density at radius 3 is 2.76 bits per heavy atom. The number of anilines is 2. The van der Waals surface area contributed by atoms with E-state index in [1.54, 1.807) is 34.0 Å². The molecule has 0 radical (unpaired) electrons. The molecule has 0 aliphatic carbocycles. The second-order valence-electron chi connectivity index (χ2n) is 9.56. The number of carbonyl (C=O) groups excluding carboxylic acids is 1. The lowest BCUT2D eigenvalue weighted by Gasteiger charge is -2.18. The van der Waals surface area contributed by atoms with Crippen molar-refractivity contribution in [2.75, 3.05) is 23.8 Å². The smallest absolute Gasteiger partial charge is 0.231 e. The Hall–Kier alpha value is -4.24. The van der Waals surface area contributed by atoms with Crippen molar-refractivity contribution in [3.05, 3.63) is 82.6 Å². The molecule has 2 aromatic heterocycles. The van der Waals surface area contributed by atoms with E-state index in [1.165, 1.54) is 6.07 Å². The highest BCUT2D eigenvalue weighted by Gasteiger charge is 2.26. The summed E-state index contributed by atoms with van der Waals surface area (Å²) in [5.41, 5.74) is 12.7. The molecule has 1 aliphatic rings. The number of nitrogens with zero attached hydrogens (tertiary/aromatic N) is 4. The van der Waals surface area contributed by atoms with Crippen LogP contribution in [0.15, 0.2) is 48.7 Å². The van der Waals surface area contributed by atoms with E-state index >= 15 is 0 Å². The van der Waals surface area contributed by atoms with Crippen molar-refractivity contribution < 1.29 is 19.0 Å². The number of halogens is 1. The zero-order valence-corrected chi connectivity index (χ0v) is 21.7. The topological polar surface area (TPSA) is 106 Å². The lowest BCUT2D eigenvalue weighted by Crippen LogP contribution is -2.30. The number of pyridine rings is 1. The molecule has 196 valence electrons. The number of aliphatic hydroxyl groups is 1. The molecule has 0 saturated heterocycles. The normalized spacial score (nSPS) is 12.6. The molecule has 3 heterocycles. The van der Waals surface area contributed by atoms with Crippen LogP contribution < -0.4 is 15.4 Å². The number of aromatic nitrogens is 3. The highest BCUT2D eigenvalue weighted by atomic mass is 19.1. The standard InChI is InChI=1S/C29H30FN5O3/c1-17-4-6-24(30)21(12-17)15-27(37)34-9-8-20-13-23(5-7-25(20)34)38-26-14-22(16-32-29(26)31)28-18(2)33-35(10-11-36)19(28)3/h4-7,12-14,16,36H,8-11,15H2,1-3H3,(H2,31,32). The van der Waals surface area contributed by atoms with Crippen LogP contribution in [0.3, 0.4) is 0 Å². The van der Waals surface area contributed by atoms with Gasteiger partial charge in [0.05, 0.1) is 25.3 Å². The third-order valence-electron chi connectivity index (χ3n) is 6.88. The number of aryl methyl sites for hydroxylation is 2. The highest BCUT2D eigenvalue weighted by Crippen LogP contribution is 2.37. The zero-order chi connectivity index (χ0) is 27.0. The Bertz CT molecular complexity index is 1530. The summed E-state index contributed by atoms with van der Waals surface area (Å²) in [6, 6.07) is 12.2. The maximum Gasteiger partial charge on any atom is 0.231 e. The van der Waals surface area contributed by atoms with Crippen LogP contribution in [0.1, 0.15) is 28.1 Å². The third kappa shape index (κ3) is 4.84. The monoisotopic (exact) mass is 515 g/mol. The quantitative estimate of drug-likeness (QED) is 0.375. The van der Waals surface area contributed by atoms with E-state index in [-0.39, 0.29) is 30.6 Å². The van der Waals surface area contributed by atoms with Gasteiger partial charge in [-0.05, 0) is 68.7 Å². The van der Waals surface area contributed by atoms with Gasteiger partial charge in [-0.1, -0.05) is 17.7 Å². The van der Waals surface area contributed by atoms with Crippen molar-refractivity contribution in [1.29, 1.82) is 0 Å². The molecule has 2 aromatic carbocycles. The fourth-order valence-electron chi connectivity index (χ4n) is 5.03. The molecule has 8 nitrogen and oxygen atoms in total. The van der Waals surface area contributed by atoms with Gasteiger partial charge in [-0.25, -0.2) is 9.37 Å². The summed E-state index contributed by atoms with van der Waals surface area (Å²) in [5, 5.41) is 13.8. The van der Waals surface area contributed by atoms with Crippen molar-refractivity contribution in [2.45, 2.75) is 40.2 Å². The van der Waals surface area contributed by atoms with Crippen LogP contribution in [-0.4, -0.2) is 38.9 Å². The number of rotatable bonds is 7. The summed E-state index contributed by atoms with van der Waals surface area (Å²) in [7, 11) is 0. The Morgan fingerprint density at radius 2 is 1.97 bits per heavy atom. The number of ether oxygens (including phenoxy) is 1. The van der Waals surface area contributed by atoms with Gasteiger partial charge >= 0.3 is 0 Å². The number of nitrogens with two attached hydrogens (primary N) is 1. The molecule has 9 heteroatoms. The number of amides is 1. The second kappa shape index (κ2) is 10.3. The number of nitrogen functional groups attached to an aromatic ring is 1. The predicted molar refractivity (Wildman–Crippen MR) is 144 cm³/mol. The Labute approximate surface area is 220 Å². The molecule has 0 unspecified atom stereocenters. The van der Waals surface area contributed by atoms with Crippen molar-refractivity contribution in [3.63, 3.8) is 0 Å². The van der Waals surface area contributed by atoms with Gasteiger partial charge in [0.25, 0.3) is 0 Å². The van der Waals surface area contributed by atoms with Crippen molar-refractivity contribution in [3.8, 4) is 22.6 Å². The van der Waals surface area contributed by atoms with Gasteiger partial charge in [0.15, 0.2) is 11.6 Å². The Kier molecular flexibility index (Phi) is 6.86. The van der Waals surface area contributed by atoms with E-state index in [9.17, 15) is 14.3 Å². The van der Waals surface area contributed by atoms with Crippen LogP contribution in [0.5, 0.6) is 11.5 Å². The van der Waals surface area contributed by atoms with E-state index in [2.05, 4.69) is 10.1 Å². The first-order chi connectivity index (χ1) is 18.2. The molecule has 38 heavy (non-hydrogen) atoms. The van der Waals surface area contributed by atoms with Gasteiger partial charge in [-0.2, -0.15) is 5.10 Å². The first kappa shape index (κ1) is 25.4. The van der Waals surface area contributed by atoms with Gasteiger partial charge < -0.3 is 20.5 Å². The molecule has 0 saturated carbocycles. The number of aliphatic hydroxyl groups excluding tert-OH is 1. The van der Waals surface area contributed by atoms with Gasteiger partial charge in [-0.15, -0.1) is 0 Å². The zero-order valence-electron chi connectivity index (χ0n) is 21.7.